The molecular formula is C13H26N2. The molecule has 0 aliphatic heterocycles. The fourth-order valence-corrected chi connectivity index (χ4v) is 2.95. The molecule has 2 aliphatic rings. The van der Waals surface area contributed by atoms with Crippen molar-refractivity contribution in [2.75, 3.05) is 19.6 Å². The molecule has 0 spiro atoms. The van der Waals surface area contributed by atoms with Gasteiger partial charge in [-0.3, -0.25) is 4.90 Å². The Morgan fingerprint density at radius 2 is 1.93 bits per heavy atom. The van der Waals surface area contributed by atoms with Gasteiger partial charge in [-0.1, -0.05) is 13.3 Å². The lowest BCUT2D eigenvalue weighted by Gasteiger charge is -2.44. The van der Waals surface area contributed by atoms with Gasteiger partial charge in [0.2, 0.25) is 0 Å². The number of nitrogens with zero attached hydrogens (tertiary/aromatic N) is 1. The van der Waals surface area contributed by atoms with E-state index >= 15 is 0 Å². The minimum absolute atomic E-state index is 0.296. The standard InChI is InChI=1S/C13H26N2/c1-3-15(9-11-5-4-6-11)13(2,10-14)12-7-8-12/h11-12H,3-10,14H2,1-2H3. The van der Waals surface area contributed by atoms with Crippen molar-refractivity contribution in [2.45, 2.75) is 51.5 Å². The van der Waals surface area contributed by atoms with Gasteiger partial charge >= 0.3 is 0 Å². The summed E-state index contributed by atoms with van der Waals surface area (Å²) in [6.07, 6.45) is 7.14. The van der Waals surface area contributed by atoms with E-state index in [0.717, 1.165) is 18.4 Å². The van der Waals surface area contributed by atoms with Crippen LogP contribution in [0.1, 0.15) is 46.0 Å². The van der Waals surface area contributed by atoms with E-state index in [1.807, 2.05) is 0 Å². The van der Waals surface area contributed by atoms with Gasteiger partial charge in [0.1, 0.15) is 0 Å². The highest BCUT2D eigenvalue weighted by Gasteiger charge is 2.44. The molecule has 2 heteroatoms. The minimum Gasteiger partial charge on any atom is -0.329 e. The van der Waals surface area contributed by atoms with Gasteiger partial charge in [-0.15, -0.1) is 0 Å². The van der Waals surface area contributed by atoms with E-state index in [4.69, 9.17) is 5.73 Å². The molecule has 0 amide bonds. The Labute approximate surface area is 94.2 Å². The zero-order valence-electron chi connectivity index (χ0n) is 10.3. The summed E-state index contributed by atoms with van der Waals surface area (Å²) in [6.45, 7) is 7.96. The summed E-state index contributed by atoms with van der Waals surface area (Å²) in [5.74, 6) is 1.84. The minimum atomic E-state index is 0.296. The highest BCUT2D eigenvalue weighted by molar-refractivity contribution is 5.00. The van der Waals surface area contributed by atoms with Crippen LogP contribution in [0.15, 0.2) is 0 Å². The Hall–Kier alpha value is -0.0800. The van der Waals surface area contributed by atoms with E-state index in [1.165, 1.54) is 45.2 Å². The Morgan fingerprint density at radius 3 is 2.27 bits per heavy atom. The summed E-state index contributed by atoms with van der Waals surface area (Å²) < 4.78 is 0. The van der Waals surface area contributed by atoms with E-state index in [1.54, 1.807) is 0 Å². The zero-order chi connectivity index (χ0) is 10.9. The second-order valence-electron chi connectivity index (χ2n) is 5.67. The van der Waals surface area contributed by atoms with Gasteiger partial charge in [-0.25, -0.2) is 0 Å². The lowest BCUT2D eigenvalue weighted by atomic mass is 9.83. The van der Waals surface area contributed by atoms with Crippen molar-refractivity contribution in [1.82, 2.24) is 4.90 Å². The number of hydrogen-bond acceptors (Lipinski definition) is 2. The molecule has 0 aromatic rings. The molecular weight excluding hydrogens is 184 g/mol. The van der Waals surface area contributed by atoms with Crippen molar-refractivity contribution < 1.29 is 0 Å². The van der Waals surface area contributed by atoms with E-state index in [9.17, 15) is 0 Å². The van der Waals surface area contributed by atoms with Crippen LogP contribution in [-0.4, -0.2) is 30.1 Å². The van der Waals surface area contributed by atoms with Crippen LogP contribution in [0.4, 0.5) is 0 Å². The lowest BCUT2D eigenvalue weighted by Crippen LogP contribution is -2.55. The van der Waals surface area contributed by atoms with Crippen LogP contribution in [0.5, 0.6) is 0 Å². The zero-order valence-corrected chi connectivity index (χ0v) is 10.3. The predicted octanol–water partition coefficient (Wildman–Crippen LogP) is 2.24. The Bertz CT molecular complexity index is 209. The first-order valence-corrected chi connectivity index (χ1v) is 6.65. The lowest BCUT2D eigenvalue weighted by molar-refractivity contribution is 0.0598. The first kappa shape index (κ1) is 11.4. The monoisotopic (exact) mass is 210 g/mol. The van der Waals surface area contributed by atoms with Crippen LogP contribution in [0, 0.1) is 11.8 Å². The second-order valence-corrected chi connectivity index (χ2v) is 5.67. The van der Waals surface area contributed by atoms with Gasteiger partial charge in [0, 0.05) is 18.6 Å². The van der Waals surface area contributed by atoms with Crippen LogP contribution >= 0.6 is 0 Å². The molecule has 2 aliphatic carbocycles. The summed E-state index contributed by atoms with van der Waals surface area (Å²) in [7, 11) is 0. The van der Waals surface area contributed by atoms with Crippen molar-refractivity contribution in [3.8, 4) is 0 Å². The maximum absolute atomic E-state index is 6.02. The van der Waals surface area contributed by atoms with Gasteiger partial charge in [0.05, 0.1) is 0 Å². The van der Waals surface area contributed by atoms with Gasteiger partial charge in [0.15, 0.2) is 0 Å². The number of hydrogen-bond donors (Lipinski definition) is 1. The van der Waals surface area contributed by atoms with Crippen LogP contribution in [-0.2, 0) is 0 Å². The van der Waals surface area contributed by atoms with Gasteiger partial charge in [-0.2, -0.15) is 0 Å². The molecule has 88 valence electrons. The van der Waals surface area contributed by atoms with Crippen molar-refractivity contribution in [1.29, 1.82) is 0 Å². The first-order valence-electron chi connectivity index (χ1n) is 6.65. The third-order valence-corrected chi connectivity index (χ3v) is 4.68. The molecule has 0 aromatic carbocycles. The van der Waals surface area contributed by atoms with Crippen molar-refractivity contribution in [2.24, 2.45) is 17.6 Å². The summed E-state index contributed by atoms with van der Waals surface area (Å²) in [5, 5.41) is 0. The third kappa shape index (κ3) is 2.21. The summed E-state index contributed by atoms with van der Waals surface area (Å²) >= 11 is 0. The smallest absolute Gasteiger partial charge is 0.0331 e. The molecule has 15 heavy (non-hydrogen) atoms. The highest BCUT2D eigenvalue weighted by atomic mass is 15.2. The molecule has 0 heterocycles. The molecule has 2 fully saturated rings. The largest absolute Gasteiger partial charge is 0.329 e. The normalized spacial score (nSPS) is 26.4. The fraction of sp³-hybridized carbons (Fsp3) is 1.00. The second kappa shape index (κ2) is 4.42. The number of nitrogens with two attached hydrogens (primary N) is 1. The Morgan fingerprint density at radius 1 is 1.27 bits per heavy atom. The average molecular weight is 210 g/mol. The SMILES string of the molecule is CCN(CC1CCC1)C(C)(CN)C1CC1. The molecule has 0 bridgehead atoms. The van der Waals surface area contributed by atoms with E-state index in [-0.39, 0.29) is 0 Å². The van der Waals surface area contributed by atoms with Gasteiger partial charge in [-0.05, 0) is 51.0 Å². The fourth-order valence-electron chi connectivity index (χ4n) is 2.95. The molecule has 0 aromatic heterocycles. The quantitative estimate of drug-likeness (QED) is 0.728. The topological polar surface area (TPSA) is 29.3 Å². The average Bonchev–Trinajstić information content (AvgIpc) is 2.99. The summed E-state index contributed by atoms with van der Waals surface area (Å²) in [5.41, 5.74) is 6.31. The first-order chi connectivity index (χ1) is 7.20. The van der Waals surface area contributed by atoms with Crippen molar-refractivity contribution in [3.63, 3.8) is 0 Å². The highest BCUT2D eigenvalue weighted by Crippen LogP contribution is 2.43. The molecule has 2 saturated carbocycles. The van der Waals surface area contributed by atoms with Crippen LogP contribution in [0.3, 0.4) is 0 Å². The maximum Gasteiger partial charge on any atom is 0.0331 e. The Balaban J connectivity index is 1.95. The van der Waals surface area contributed by atoms with E-state index in [2.05, 4.69) is 18.7 Å². The van der Waals surface area contributed by atoms with Crippen LogP contribution < -0.4 is 5.73 Å². The number of rotatable bonds is 6. The van der Waals surface area contributed by atoms with Crippen molar-refractivity contribution in [3.05, 3.63) is 0 Å². The van der Waals surface area contributed by atoms with Gasteiger partial charge < -0.3 is 5.73 Å². The molecule has 1 unspecified atom stereocenters. The maximum atomic E-state index is 6.02. The summed E-state index contributed by atoms with van der Waals surface area (Å²) in [6, 6.07) is 0. The van der Waals surface area contributed by atoms with Crippen LogP contribution in [0.2, 0.25) is 0 Å². The predicted molar refractivity (Wildman–Crippen MR) is 64.8 cm³/mol. The number of likely N-dealkylation sites (N-methyl/N-ethyl adjacent to an activating group) is 1. The molecule has 1 atom stereocenters. The van der Waals surface area contributed by atoms with Crippen molar-refractivity contribution >= 4 is 0 Å². The third-order valence-electron chi connectivity index (χ3n) is 4.68. The molecule has 0 saturated heterocycles. The molecule has 2 rings (SSSR count). The van der Waals surface area contributed by atoms with E-state index in [0.29, 0.717) is 5.54 Å². The van der Waals surface area contributed by atoms with Gasteiger partial charge in [0.25, 0.3) is 0 Å². The Kier molecular flexibility index (Phi) is 3.36. The molecule has 0 radical (unpaired) electrons. The van der Waals surface area contributed by atoms with Crippen LogP contribution in [0.25, 0.3) is 0 Å². The molecule has 2 nitrogen and oxygen atoms in total. The summed E-state index contributed by atoms with van der Waals surface area (Å²) in [4.78, 5) is 2.66. The van der Waals surface area contributed by atoms with E-state index < -0.39 is 0 Å². The molecule has 2 N–H and O–H groups in total.